The normalized spacial score (nSPS) is 17.7. The minimum Gasteiger partial charge on any atom is -0.442 e. The Hall–Kier alpha value is -0.710. The standard InChI is InChI=1S/C10H6F13IO2/c1-3(25)26-4(2,24)5(11,12)6(13,14)7(15,16)8(17,18)9(19,20)10(21,22)23/h1-2H3. The molecule has 0 aromatic carbocycles. The number of esters is 1. The molecule has 2 nitrogen and oxygen atoms in total. The van der Waals surface area contributed by atoms with Gasteiger partial charge in [-0.2, -0.15) is 57.1 Å². The van der Waals surface area contributed by atoms with Crippen molar-refractivity contribution in [2.45, 2.75) is 53.2 Å². The topological polar surface area (TPSA) is 26.3 Å². The highest BCUT2D eigenvalue weighted by atomic mass is 127. The van der Waals surface area contributed by atoms with Crippen LogP contribution in [0.3, 0.4) is 0 Å². The SMILES string of the molecule is CC(=O)OC(C)(I)C(F)(F)C(F)(F)C(F)(F)C(F)(F)C(F)(F)C(F)(F)F. The first kappa shape index (κ1) is 25.3. The summed E-state index contributed by atoms with van der Waals surface area (Å²) < 4.78 is 167. The van der Waals surface area contributed by atoms with Crippen molar-refractivity contribution in [3.63, 3.8) is 0 Å². The Kier molecular flexibility index (Phi) is 6.25. The second-order valence-electron chi connectivity index (χ2n) is 4.88. The predicted molar refractivity (Wildman–Crippen MR) is 65.0 cm³/mol. The molecule has 0 saturated heterocycles. The lowest BCUT2D eigenvalue weighted by Crippen LogP contribution is -2.72. The number of hydrogen-bond donors (Lipinski definition) is 0. The van der Waals surface area contributed by atoms with Gasteiger partial charge in [0.1, 0.15) is 0 Å². The fourth-order valence-electron chi connectivity index (χ4n) is 1.38. The lowest BCUT2D eigenvalue weighted by atomic mass is 9.92. The van der Waals surface area contributed by atoms with E-state index in [1.165, 1.54) is 0 Å². The van der Waals surface area contributed by atoms with E-state index >= 15 is 0 Å². The molecular weight excluding hydrogens is 526 g/mol. The van der Waals surface area contributed by atoms with Gasteiger partial charge in [0.25, 0.3) is 0 Å². The lowest BCUT2D eigenvalue weighted by molar-refractivity contribution is -0.444. The van der Waals surface area contributed by atoms with Crippen molar-refractivity contribution in [1.29, 1.82) is 0 Å². The van der Waals surface area contributed by atoms with E-state index in [4.69, 9.17) is 0 Å². The summed E-state index contributed by atoms with van der Waals surface area (Å²) in [7, 11) is 0. The van der Waals surface area contributed by atoms with E-state index in [0.717, 1.165) is 0 Å². The zero-order chi connectivity index (χ0) is 21.8. The molecule has 0 aromatic heterocycles. The first-order chi connectivity index (χ1) is 10.9. The Morgan fingerprint density at radius 1 is 0.654 bits per heavy atom. The summed E-state index contributed by atoms with van der Waals surface area (Å²) in [4.78, 5) is 10.6. The monoisotopic (exact) mass is 532 g/mol. The predicted octanol–water partition coefficient (Wildman–Crippen LogP) is 5.44. The zero-order valence-electron chi connectivity index (χ0n) is 12.1. The van der Waals surface area contributed by atoms with Crippen LogP contribution in [0.1, 0.15) is 13.8 Å². The van der Waals surface area contributed by atoms with Crippen LogP contribution in [0.15, 0.2) is 0 Å². The van der Waals surface area contributed by atoms with Crippen LogP contribution in [0, 0.1) is 0 Å². The van der Waals surface area contributed by atoms with Gasteiger partial charge in [-0.1, -0.05) is 0 Å². The second kappa shape index (κ2) is 6.42. The molecule has 0 aliphatic carbocycles. The highest BCUT2D eigenvalue weighted by Gasteiger charge is 2.92. The van der Waals surface area contributed by atoms with Crippen molar-refractivity contribution in [1.82, 2.24) is 0 Å². The smallest absolute Gasteiger partial charge is 0.442 e. The molecule has 1 atom stereocenters. The van der Waals surface area contributed by atoms with E-state index in [1.54, 1.807) is 0 Å². The number of carbonyl (C=O) groups excluding carboxylic acids is 1. The molecule has 0 saturated carbocycles. The van der Waals surface area contributed by atoms with E-state index in [9.17, 15) is 61.9 Å². The van der Waals surface area contributed by atoms with E-state index < -0.39 is 45.4 Å². The minimum atomic E-state index is -7.99. The van der Waals surface area contributed by atoms with Crippen LogP contribution in [0.5, 0.6) is 0 Å². The van der Waals surface area contributed by atoms with Crippen LogP contribution in [-0.2, 0) is 9.53 Å². The molecule has 0 radical (unpaired) electrons. The molecule has 0 aromatic rings. The van der Waals surface area contributed by atoms with Crippen LogP contribution in [-0.4, -0.2) is 45.4 Å². The molecule has 156 valence electrons. The number of ether oxygens (including phenoxy) is 1. The fraction of sp³-hybridized carbons (Fsp3) is 0.900. The molecule has 0 bridgehead atoms. The summed E-state index contributed by atoms with van der Waals surface area (Å²) in [6.07, 6.45) is -7.48. The van der Waals surface area contributed by atoms with Gasteiger partial charge >= 0.3 is 41.8 Å². The van der Waals surface area contributed by atoms with Gasteiger partial charge in [-0.05, 0) is 29.5 Å². The van der Waals surface area contributed by atoms with Gasteiger partial charge in [-0.15, -0.1) is 0 Å². The highest BCUT2D eigenvalue weighted by Crippen LogP contribution is 2.62. The molecule has 26 heavy (non-hydrogen) atoms. The number of hydrogen-bond acceptors (Lipinski definition) is 2. The Balaban J connectivity index is 6.46. The van der Waals surface area contributed by atoms with Gasteiger partial charge in [0, 0.05) is 6.92 Å². The summed E-state index contributed by atoms with van der Waals surface area (Å²) in [5.41, 5.74) is 0. The Labute approximate surface area is 149 Å². The van der Waals surface area contributed by atoms with Crippen LogP contribution in [0.4, 0.5) is 57.1 Å². The molecular formula is C10H6F13IO2. The average molecular weight is 532 g/mol. The van der Waals surface area contributed by atoms with Gasteiger partial charge in [-0.3, -0.25) is 4.79 Å². The third-order valence-electron chi connectivity index (χ3n) is 2.83. The van der Waals surface area contributed by atoms with E-state index in [1.807, 2.05) is 0 Å². The minimum absolute atomic E-state index is 0.103. The molecule has 0 aliphatic heterocycles. The van der Waals surface area contributed by atoms with Crippen molar-refractivity contribution in [3.8, 4) is 0 Å². The van der Waals surface area contributed by atoms with E-state index in [0.29, 0.717) is 6.92 Å². The first-order valence-electron chi connectivity index (χ1n) is 5.76. The molecule has 0 rings (SSSR count). The van der Waals surface area contributed by atoms with Crippen molar-refractivity contribution >= 4 is 28.6 Å². The van der Waals surface area contributed by atoms with Crippen molar-refractivity contribution in [3.05, 3.63) is 0 Å². The zero-order valence-corrected chi connectivity index (χ0v) is 14.3. The molecule has 16 heteroatoms. The van der Waals surface area contributed by atoms with Gasteiger partial charge in [-0.25, -0.2) is 0 Å². The highest BCUT2D eigenvalue weighted by molar-refractivity contribution is 14.1. The summed E-state index contributed by atoms with van der Waals surface area (Å²) in [5, 5.41) is 0. The Bertz CT molecular complexity index is 552. The van der Waals surface area contributed by atoms with E-state index in [2.05, 4.69) is 4.74 Å². The van der Waals surface area contributed by atoms with Crippen molar-refractivity contribution in [2.75, 3.05) is 0 Å². The van der Waals surface area contributed by atoms with Crippen LogP contribution < -0.4 is 0 Å². The largest absolute Gasteiger partial charge is 0.460 e. The third kappa shape index (κ3) is 3.41. The second-order valence-corrected chi connectivity index (χ2v) is 6.94. The first-order valence-corrected chi connectivity index (χ1v) is 6.84. The van der Waals surface area contributed by atoms with Crippen molar-refractivity contribution < 1.29 is 66.6 Å². The molecule has 0 fully saturated rings. The summed E-state index contributed by atoms with van der Waals surface area (Å²) >= 11 is 0.103. The van der Waals surface area contributed by atoms with Crippen LogP contribution in [0.2, 0.25) is 0 Å². The summed E-state index contributed by atoms with van der Waals surface area (Å²) in [6, 6.07) is 0. The number of rotatable bonds is 6. The van der Waals surface area contributed by atoms with E-state index in [-0.39, 0.29) is 29.5 Å². The molecule has 0 aliphatic rings. The molecule has 0 heterocycles. The Morgan fingerprint density at radius 2 is 0.923 bits per heavy atom. The van der Waals surface area contributed by atoms with Crippen molar-refractivity contribution in [2.24, 2.45) is 0 Å². The van der Waals surface area contributed by atoms with Gasteiger partial charge in [0.05, 0.1) is 0 Å². The number of halogens is 14. The maximum absolute atomic E-state index is 13.7. The quantitative estimate of drug-likeness (QED) is 0.197. The molecule has 0 amide bonds. The Morgan fingerprint density at radius 3 is 1.19 bits per heavy atom. The third-order valence-corrected chi connectivity index (χ3v) is 3.73. The maximum atomic E-state index is 13.7. The fourth-order valence-corrected chi connectivity index (χ4v) is 2.03. The lowest BCUT2D eigenvalue weighted by Gasteiger charge is -2.43. The van der Waals surface area contributed by atoms with Crippen LogP contribution in [0.25, 0.3) is 0 Å². The maximum Gasteiger partial charge on any atom is 0.460 e. The molecule has 1 unspecified atom stereocenters. The summed E-state index contributed by atoms with van der Waals surface area (Å²) in [5.74, 6) is -39.5. The number of alkyl halides is 14. The summed E-state index contributed by atoms with van der Waals surface area (Å²) in [6.45, 7) is 0.134. The van der Waals surface area contributed by atoms with Gasteiger partial charge in [0.2, 0.25) is 3.61 Å². The number of carbonyl (C=O) groups is 1. The van der Waals surface area contributed by atoms with Crippen LogP contribution >= 0.6 is 22.6 Å². The molecule has 0 spiro atoms. The van der Waals surface area contributed by atoms with Gasteiger partial charge in [0.15, 0.2) is 0 Å². The average Bonchev–Trinajstić information content (AvgIpc) is 2.34. The van der Waals surface area contributed by atoms with Gasteiger partial charge < -0.3 is 4.74 Å². The molecule has 0 N–H and O–H groups in total.